The molecule has 0 bridgehead atoms. The maximum atomic E-state index is 12.5. The molecular formula is C21H30N2O5S. The van der Waals surface area contributed by atoms with Crippen molar-refractivity contribution in [2.75, 3.05) is 19.5 Å². The quantitative estimate of drug-likeness (QED) is 0.439. The molecule has 1 aliphatic rings. The summed E-state index contributed by atoms with van der Waals surface area (Å²) in [6, 6.07) is 5.97. The number of amides is 2. The van der Waals surface area contributed by atoms with Crippen molar-refractivity contribution in [1.29, 1.82) is 0 Å². The summed E-state index contributed by atoms with van der Waals surface area (Å²) >= 11 is 1.28. The maximum Gasteiger partial charge on any atom is 0.330 e. The first-order valence-corrected chi connectivity index (χ1v) is 11.0. The molecule has 0 heterocycles. The number of benzene rings is 1. The van der Waals surface area contributed by atoms with Crippen molar-refractivity contribution in [3.05, 3.63) is 29.8 Å². The van der Waals surface area contributed by atoms with Crippen LogP contribution < -0.4 is 10.6 Å². The topological polar surface area (TPSA) is 105 Å². The monoisotopic (exact) mass is 422 g/mol. The van der Waals surface area contributed by atoms with Crippen molar-refractivity contribution in [1.82, 2.24) is 10.6 Å². The molecule has 3 N–H and O–H groups in total. The summed E-state index contributed by atoms with van der Waals surface area (Å²) in [4.78, 5) is 37.2. The van der Waals surface area contributed by atoms with Crippen LogP contribution in [0, 0.1) is 0 Å². The number of nitrogens with one attached hydrogen (secondary N) is 2. The molecule has 0 spiro atoms. The van der Waals surface area contributed by atoms with E-state index in [-0.39, 0.29) is 17.7 Å². The Hall–Kier alpha value is -2.06. The highest BCUT2D eigenvalue weighted by Crippen LogP contribution is 2.23. The number of aliphatic hydroxyl groups is 1. The highest BCUT2D eigenvalue weighted by Gasteiger charge is 2.23. The lowest BCUT2D eigenvalue weighted by Gasteiger charge is -2.21. The van der Waals surface area contributed by atoms with Crippen molar-refractivity contribution in [3.63, 3.8) is 0 Å². The molecule has 0 aromatic heterocycles. The van der Waals surface area contributed by atoms with Crippen molar-refractivity contribution < 1.29 is 24.2 Å². The predicted octanol–water partition coefficient (Wildman–Crippen LogP) is 2.27. The molecule has 1 aromatic rings. The Morgan fingerprint density at radius 2 is 1.79 bits per heavy atom. The van der Waals surface area contributed by atoms with Crippen LogP contribution in [0.25, 0.3) is 0 Å². The lowest BCUT2D eigenvalue weighted by Crippen LogP contribution is -2.44. The van der Waals surface area contributed by atoms with E-state index in [4.69, 9.17) is 0 Å². The molecule has 0 saturated heterocycles. The van der Waals surface area contributed by atoms with E-state index in [0.29, 0.717) is 10.5 Å². The number of hydrogen-bond donors (Lipinski definition) is 3. The van der Waals surface area contributed by atoms with Crippen molar-refractivity contribution >= 4 is 29.5 Å². The molecule has 1 aliphatic carbocycles. The van der Waals surface area contributed by atoms with E-state index in [0.717, 1.165) is 25.7 Å². The summed E-state index contributed by atoms with van der Waals surface area (Å²) in [6.07, 6.45) is 8.06. The van der Waals surface area contributed by atoms with Crippen LogP contribution in [0.5, 0.6) is 0 Å². The summed E-state index contributed by atoms with van der Waals surface area (Å²) in [5.41, 5.74) is 0.346. The van der Waals surface area contributed by atoms with Gasteiger partial charge in [0.05, 0.1) is 25.0 Å². The van der Waals surface area contributed by atoms with Crippen LogP contribution in [0.1, 0.15) is 55.3 Å². The molecule has 8 heteroatoms. The third-order valence-corrected chi connectivity index (χ3v) is 6.01. The average Bonchev–Trinajstić information content (AvgIpc) is 2.71. The van der Waals surface area contributed by atoms with E-state index in [1.54, 1.807) is 24.3 Å². The van der Waals surface area contributed by atoms with E-state index in [2.05, 4.69) is 15.4 Å². The Morgan fingerprint density at radius 3 is 2.45 bits per heavy atom. The molecule has 2 rings (SSSR count). The van der Waals surface area contributed by atoms with Gasteiger partial charge >= 0.3 is 5.97 Å². The second-order valence-electron chi connectivity index (χ2n) is 7.13. The molecule has 1 saturated carbocycles. The zero-order valence-electron chi connectivity index (χ0n) is 16.8. The fraction of sp³-hybridized carbons (Fsp3) is 0.571. The molecular weight excluding hydrogens is 392 g/mol. The fourth-order valence-corrected chi connectivity index (χ4v) is 4.21. The molecule has 1 aromatic carbocycles. The Morgan fingerprint density at radius 1 is 1.14 bits per heavy atom. The molecule has 7 nitrogen and oxygen atoms in total. The SMILES string of the molecule is COC(=O)[C@H](CO)NC(=O)c1ccccc1SCC(=O)NC1CCCCCCC1. The second kappa shape index (κ2) is 12.5. The van der Waals surface area contributed by atoms with Gasteiger partial charge in [-0.1, -0.05) is 44.2 Å². The van der Waals surface area contributed by atoms with Gasteiger partial charge in [0.15, 0.2) is 6.04 Å². The molecule has 0 radical (unpaired) electrons. The van der Waals surface area contributed by atoms with Gasteiger partial charge in [0, 0.05) is 10.9 Å². The largest absolute Gasteiger partial charge is 0.467 e. The molecule has 160 valence electrons. The number of carbonyl (C=O) groups excluding carboxylic acids is 3. The fourth-order valence-electron chi connectivity index (χ4n) is 3.35. The van der Waals surface area contributed by atoms with Crippen LogP contribution in [0.15, 0.2) is 29.2 Å². The molecule has 1 fully saturated rings. The van der Waals surface area contributed by atoms with Gasteiger partial charge in [-0.3, -0.25) is 9.59 Å². The lowest BCUT2D eigenvalue weighted by atomic mass is 9.97. The van der Waals surface area contributed by atoms with Crippen LogP contribution in [0.3, 0.4) is 0 Å². The number of thioether (sulfide) groups is 1. The number of esters is 1. The molecule has 1 atom stereocenters. The summed E-state index contributed by atoms with van der Waals surface area (Å²) in [5, 5.41) is 14.9. The summed E-state index contributed by atoms with van der Waals surface area (Å²) in [6.45, 7) is -0.558. The third-order valence-electron chi connectivity index (χ3n) is 4.93. The van der Waals surface area contributed by atoms with Gasteiger partial charge in [0.2, 0.25) is 5.91 Å². The first kappa shape index (κ1) is 23.2. The van der Waals surface area contributed by atoms with Crippen LogP contribution in [-0.2, 0) is 14.3 Å². The Bertz CT molecular complexity index is 689. The number of methoxy groups -OCH3 is 1. The highest BCUT2D eigenvalue weighted by atomic mass is 32.2. The smallest absolute Gasteiger partial charge is 0.330 e. The van der Waals surface area contributed by atoms with Gasteiger partial charge in [-0.25, -0.2) is 4.79 Å². The zero-order chi connectivity index (χ0) is 21.1. The maximum absolute atomic E-state index is 12.5. The van der Waals surface area contributed by atoms with Crippen molar-refractivity contribution in [3.8, 4) is 0 Å². The van der Waals surface area contributed by atoms with E-state index in [1.807, 2.05) is 0 Å². The van der Waals surface area contributed by atoms with E-state index in [9.17, 15) is 19.5 Å². The number of hydrogen-bond acceptors (Lipinski definition) is 6. The van der Waals surface area contributed by atoms with Gasteiger partial charge in [-0.2, -0.15) is 0 Å². The minimum Gasteiger partial charge on any atom is -0.467 e. The molecule has 0 aliphatic heterocycles. The van der Waals surface area contributed by atoms with Crippen molar-refractivity contribution in [2.45, 2.75) is 61.9 Å². The summed E-state index contributed by atoms with van der Waals surface area (Å²) in [7, 11) is 1.19. The average molecular weight is 423 g/mol. The summed E-state index contributed by atoms with van der Waals surface area (Å²) < 4.78 is 4.57. The third kappa shape index (κ3) is 7.70. The Labute approximate surface area is 176 Å². The van der Waals surface area contributed by atoms with Gasteiger partial charge in [-0.15, -0.1) is 11.8 Å². The molecule has 2 amide bonds. The van der Waals surface area contributed by atoms with Crippen LogP contribution in [-0.4, -0.2) is 54.4 Å². The van der Waals surface area contributed by atoms with Crippen LogP contribution in [0.4, 0.5) is 0 Å². The van der Waals surface area contributed by atoms with E-state index in [1.165, 1.54) is 38.1 Å². The van der Waals surface area contributed by atoms with Crippen LogP contribution in [0.2, 0.25) is 0 Å². The van der Waals surface area contributed by atoms with Crippen LogP contribution >= 0.6 is 11.8 Å². The van der Waals surface area contributed by atoms with Gasteiger partial charge < -0.3 is 20.5 Å². The van der Waals surface area contributed by atoms with E-state index >= 15 is 0 Å². The standard InChI is InChI=1S/C21H30N2O5S/c1-28-21(27)17(13-24)23-20(26)16-11-7-8-12-18(16)29-14-19(25)22-15-9-5-3-2-4-6-10-15/h7-8,11-12,15,17,24H,2-6,9-10,13-14H2,1H3,(H,22,25)(H,23,26)/t17-/m0/s1. The first-order chi connectivity index (χ1) is 14.0. The minimum atomic E-state index is -1.13. The second-order valence-corrected chi connectivity index (χ2v) is 8.14. The van der Waals surface area contributed by atoms with Gasteiger partial charge in [0.1, 0.15) is 0 Å². The minimum absolute atomic E-state index is 0.0430. The number of ether oxygens (including phenoxy) is 1. The highest BCUT2D eigenvalue weighted by molar-refractivity contribution is 8.00. The van der Waals surface area contributed by atoms with Gasteiger partial charge in [0.25, 0.3) is 5.91 Å². The normalized spacial score (nSPS) is 16.2. The lowest BCUT2D eigenvalue weighted by molar-refractivity contribution is -0.143. The number of carbonyl (C=O) groups is 3. The first-order valence-electron chi connectivity index (χ1n) is 10.1. The molecule has 29 heavy (non-hydrogen) atoms. The Kier molecular flexibility index (Phi) is 10.0. The number of rotatable bonds is 8. The zero-order valence-corrected chi connectivity index (χ0v) is 17.6. The summed E-state index contributed by atoms with van der Waals surface area (Å²) in [5.74, 6) is -1.05. The number of aliphatic hydroxyl groups excluding tert-OH is 1. The van der Waals surface area contributed by atoms with E-state index < -0.39 is 24.5 Å². The van der Waals surface area contributed by atoms with Crippen molar-refractivity contribution in [2.24, 2.45) is 0 Å². The van der Waals surface area contributed by atoms with Gasteiger partial charge in [-0.05, 0) is 25.0 Å². The predicted molar refractivity (Wildman–Crippen MR) is 112 cm³/mol. The molecule has 0 unspecified atom stereocenters. The Balaban J connectivity index is 1.93.